The molecule has 2 atom stereocenters. The largest absolute Gasteiger partial charge is 0.497 e. The zero-order valence-corrected chi connectivity index (χ0v) is 17.8. The lowest BCUT2D eigenvalue weighted by molar-refractivity contribution is -0.126. The summed E-state index contributed by atoms with van der Waals surface area (Å²) in [5.74, 6) is 0.962. The Kier molecular flexibility index (Phi) is 5.97. The van der Waals surface area contributed by atoms with Gasteiger partial charge in [-0.2, -0.15) is 0 Å². The van der Waals surface area contributed by atoms with E-state index in [0.29, 0.717) is 6.54 Å². The number of halogens is 1. The molecule has 1 saturated heterocycles. The van der Waals surface area contributed by atoms with Crippen molar-refractivity contribution < 1.29 is 9.53 Å². The second-order valence-electron chi connectivity index (χ2n) is 7.82. The van der Waals surface area contributed by atoms with Crippen molar-refractivity contribution >= 4 is 23.2 Å². The van der Waals surface area contributed by atoms with E-state index in [9.17, 15) is 4.79 Å². The van der Waals surface area contributed by atoms with Crippen LogP contribution in [0.1, 0.15) is 18.1 Å². The van der Waals surface area contributed by atoms with Gasteiger partial charge in [0.2, 0.25) is 5.91 Å². The lowest BCUT2D eigenvalue weighted by atomic mass is 9.83. The Bertz CT molecular complexity index is 871. The summed E-state index contributed by atoms with van der Waals surface area (Å²) in [5.41, 5.74) is 3.68. The molecule has 154 valence electrons. The van der Waals surface area contributed by atoms with Crippen LogP contribution in [0.5, 0.6) is 5.75 Å². The molecule has 1 fully saturated rings. The van der Waals surface area contributed by atoms with Crippen LogP contribution in [0.3, 0.4) is 0 Å². The maximum atomic E-state index is 12.9. The van der Waals surface area contributed by atoms with Gasteiger partial charge in [-0.15, -0.1) is 0 Å². The number of ether oxygens (including phenoxy) is 1. The Labute approximate surface area is 177 Å². The molecule has 0 aromatic heterocycles. The Balaban J connectivity index is 1.59. The van der Waals surface area contributed by atoms with Gasteiger partial charge in [-0.3, -0.25) is 9.69 Å². The van der Waals surface area contributed by atoms with E-state index in [4.69, 9.17) is 16.3 Å². The molecule has 2 aromatic rings. The number of nitrogens with one attached hydrogen (secondary N) is 1. The first kappa shape index (κ1) is 20.0. The second kappa shape index (κ2) is 8.64. The molecule has 1 N–H and O–H groups in total. The molecule has 1 amide bonds. The molecule has 2 aliphatic heterocycles. The van der Waals surface area contributed by atoms with Crippen LogP contribution < -0.4 is 15.0 Å². The van der Waals surface area contributed by atoms with E-state index in [1.54, 1.807) is 7.11 Å². The number of hydrogen-bond acceptors (Lipinski definition) is 4. The van der Waals surface area contributed by atoms with Crippen molar-refractivity contribution in [1.29, 1.82) is 0 Å². The maximum Gasteiger partial charge on any atom is 0.225 e. The monoisotopic (exact) mass is 413 g/mol. The molecule has 0 bridgehead atoms. The average molecular weight is 414 g/mol. The highest BCUT2D eigenvalue weighted by atomic mass is 35.5. The first-order valence-electron chi connectivity index (χ1n) is 10.3. The summed E-state index contributed by atoms with van der Waals surface area (Å²) >= 11 is 6.03. The van der Waals surface area contributed by atoms with E-state index in [-0.39, 0.29) is 17.9 Å². The molecule has 0 spiro atoms. The van der Waals surface area contributed by atoms with Crippen LogP contribution in [0.2, 0.25) is 5.02 Å². The van der Waals surface area contributed by atoms with Gasteiger partial charge in [0.1, 0.15) is 5.75 Å². The fraction of sp³-hybridized carbons (Fsp3) is 0.435. The highest BCUT2D eigenvalue weighted by Gasteiger charge is 2.41. The number of piperazine rings is 1. The van der Waals surface area contributed by atoms with Gasteiger partial charge < -0.3 is 15.0 Å². The number of anilines is 1. The third-order valence-corrected chi connectivity index (χ3v) is 6.27. The van der Waals surface area contributed by atoms with Gasteiger partial charge in [0.05, 0.1) is 19.1 Å². The number of carbonyl (C=O) groups excluding carboxylic acids is 1. The molecule has 2 aliphatic rings. The molecular formula is C23H28ClN3O2. The van der Waals surface area contributed by atoms with Gasteiger partial charge in [0, 0.05) is 49.5 Å². The maximum absolute atomic E-state index is 12.9. The van der Waals surface area contributed by atoms with E-state index in [2.05, 4.69) is 39.4 Å². The lowest BCUT2D eigenvalue weighted by Gasteiger charge is -2.49. The van der Waals surface area contributed by atoms with Crippen LogP contribution in [0, 0.1) is 5.92 Å². The number of benzene rings is 2. The van der Waals surface area contributed by atoms with E-state index >= 15 is 0 Å². The molecule has 29 heavy (non-hydrogen) atoms. The highest BCUT2D eigenvalue weighted by Crippen LogP contribution is 2.38. The normalized spacial score (nSPS) is 21.3. The van der Waals surface area contributed by atoms with Gasteiger partial charge in [-0.05, 0) is 42.7 Å². The Morgan fingerprint density at radius 1 is 1.21 bits per heavy atom. The van der Waals surface area contributed by atoms with Crippen molar-refractivity contribution in [3.05, 3.63) is 58.6 Å². The summed E-state index contributed by atoms with van der Waals surface area (Å²) in [4.78, 5) is 17.8. The van der Waals surface area contributed by atoms with Crippen molar-refractivity contribution in [1.82, 2.24) is 10.2 Å². The fourth-order valence-corrected chi connectivity index (χ4v) is 4.69. The number of fused-ring (bicyclic) bond motifs is 3. The first-order valence-corrected chi connectivity index (χ1v) is 10.6. The lowest BCUT2D eigenvalue weighted by Crippen LogP contribution is -2.60. The standard InChI is InChI=1S/C23H28ClN3O2/c1-3-25-23(28)20-12-17-6-9-19(29-2)13-21(17)27-11-10-26(15-22(20)27)14-16-4-7-18(24)8-5-16/h4-9,13,20,22H,3,10-12,14-15H2,1-2H3,(H,25,28). The summed E-state index contributed by atoms with van der Waals surface area (Å²) in [6, 6.07) is 14.4. The summed E-state index contributed by atoms with van der Waals surface area (Å²) < 4.78 is 5.46. The minimum atomic E-state index is -0.0520. The fourth-order valence-electron chi connectivity index (χ4n) is 4.56. The zero-order valence-electron chi connectivity index (χ0n) is 17.0. The van der Waals surface area contributed by atoms with Gasteiger partial charge >= 0.3 is 0 Å². The van der Waals surface area contributed by atoms with E-state index in [1.165, 1.54) is 16.8 Å². The predicted octanol–water partition coefficient (Wildman–Crippen LogP) is 3.35. The Hall–Kier alpha value is -2.24. The van der Waals surface area contributed by atoms with Crippen LogP contribution in [0.15, 0.2) is 42.5 Å². The molecule has 2 aromatic carbocycles. The number of amides is 1. The summed E-state index contributed by atoms with van der Waals surface area (Å²) in [5, 5.41) is 3.81. The second-order valence-corrected chi connectivity index (χ2v) is 8.26. The number of carbonyl (C=O) groups is 1. The molecule has 4 rings (SSSR count). The van der Waals surface area contributed by atoms with Gasteiger partial charge in [0.25, 0.3) is 0 Å². The van der Waals surface area contributed by atoms with E-state index in [1.807, 2.05) is 25.1 Å². The molecule has 6 heteroatoms. The number of hydrogen-bond donors (Lipinski definition) is 1. The molecule has 2 unspecified atom stereocenters. The third-order valence-electron chi connectivity index (χ3n) is 6.02. The molecule has 5 nitrogen and oxygen atoms in total. The predicted molar refractivity (Wildman–Crippen MR) is 117 cm³/mol. The van der Waals surface area contributed by atoms with Crippen molar-refractivity contribution in [2.75, 3.05) is 38.2 Å². The minimum absolute atomic E-state index is 0.0520. The first-order chi connectivity index (χ1) is 14.1. The average Bonchev–Trinajstić information content (AvgIpc) is 2.74. The van der Waals surface area contributed by atoms with Crippen molar-refractivity contribution in [3.63, 3.8) is 0 Å². The quantitative estimate of drug-likeness (QED) is 0.816. The zero-order chi connectivity index (χ0) is 20.4. The SMILES string of the molecule is CCNC(=O)C1Cc2ccc(OC)cc2N2CCN(Cc3ccc(Cl)cc3)CC12. The van der Waals surface area contributed by atoms with Gasteiger partial charge in [-0.1, -0.05) is 29.8 Å². The van der Waals surface area contributed by atoms with Crippen molar-refractivity contribution in [2.45, 2.75) is 25.9 Å². The minimum Gasteiger partial charge on any atom is -0.497 e. The van der Waals surface area contributed by atoms with Crippen LogP contribution in [-0.2, 0) is 17.8 Å². The van der Waals surface area contributed by atoms with E-state index < -0.39 is 0 Å². The van der Waals surface area contributed by atoms with E-state index in [0.717, 1.165) is 43.4 Å². The molecule has 0 saturated carbocycles. The van der Waals surface area contributed by atoms with Crippen molar-refractivity contribution in [2.24, 2.45) is 5.92 Å². The van der Waals surface area contributed by atoms with Crippen LogP contribution >= 0.6 is 11.6 Å². The van der Waals surface area contributed by atoms with Crippen LogP contribution in [0.4, 0.5) is 5.69 Å². The van der Waals surface area contributed by atoms with Crippen molar-refractivity contribution in [3.8, 4) is 5.75 Å². The summed E-state index contributed by atoms with van der Waals surface area (Å²) in [6.07, 6.45) is 0.765. The molecule has 2 heterocycles. The Morgan fingerprint density at radius 3 is 2.72 bits per heavy atom. The number of methoxy groups -OCH3 is 1. The topological polar surface area (TPSA) is 44.8 Å². The number of nitrogens with zero attached hydrogens (tertiary/aromatic N) is 2. The molecule has 0 aliphatic carbocycles. The smallest absolute Gasteiger partial charge is 0.225 e. The van der Waals surface area contributed by atoms with Gasteiger partial charge in [0.15, 0.2) is 0 Å². The third kappa shape index (κ3) is 4.21. The van der Waals surface area contributed by atoms with Crippen LogP contribution in [-0.4, -0.2) is 50.1 Å². The number of rotatable bonds is 5. The summed E-state index contributed by atoms with van der Waals surface area (Å²) in [7, 11) is 1.70. The molecule has 0 radical (unpaired) electrons. The van der Waals surface area contributed by atoms with Crippen LogP contribution in [0.25, 0.3) is 0 Å². The molecular weight excluding hydrogens is 386 g/mol. The summed E-state index contributed by atoms with van der Waals surface area (Å²) in [6.45, 7) is 6.22. The highest BCUT2D eigenvalue weighted by molar-refractivity contribution is 6.30. The Morgan fingerprint density at radius 2 is 2.00 bits per heavy atom. The van der Waals surface area contributed by atoms with Gasteiger partial charge in [-0.25, -0.2) is 0 Å².